The molecule has 0 aliphatic heterocycles. The highest BCUT2D eigenvalue weighted by Gasteiger charge is 2.16. The Hall–Kier alpha value is -16.2. The van der Waals surface area contributed by atoms with Gasteiger partial charge in [-0.05, 0) is 225 Å². The van der Waals surface area contributed by atoms with E-state index in [1.807, 2.05) is 110 Å². The number of pyridine rings is 9. The van der Waals surface area contributed by atoms with Crippen LogP contribution in [0.3, 0.4) is 0 Å². The first-order valence-corrected chi connectivity index (χ1v) is 42.3. The molecule has 0 N–H and O–H groups in total. The lowest BCUT2D eigenvalue weighted by atomic mass is 9.98. The summed E-state index contributed by atoms with van der Waals surface area (Å²) in [4.78, 5) is 41.4. The smallest absolute Gasteiger partial charge is 0.0731 e. The standard InChI is InChI=1S/C25H21N.2C24H19N.2C22H17N3/c1-18-13-19(2)15-23(14-18)25-17-22(20-9-5-3-6-10-20)16-24(26-25)21-11-7-4-8-12-21;1-18-9-8-14-21(15-18)22-16-23(19-10-4-2-5-11-19)25-24(17-22)20-12-6-3-7-13-20;1-18-9-8-14-21(15-18)24-17-22(19-10-4-2-5-11-19)16-23(25-24)20-12-6-3-7-13-20;1-16-5-2-6-17(11-16)20-12-21(18-7-3-9-23-14-18)25-22(13-20)19-8-4-10-24-15-19;1-16-6-8-17(9-7-16)20-12-21(18-4-2-10-23-14-18)25-22(13-20)19-5-3-11-24-15-19/h3-17H,1-2H3;2*2-17H,1H3;2*2-15H,1H3. The van der Waals surface area contributed by atoms with E-state index >= 15 is 0 Å². The van der Waals surface area contributed by atoms with E-state index in [1.165, 1.54) is 77.9 Å². The number of benzene rings is 11. The van der Waals surface area contributed by atoms with Crippen LogP contribution in [0.1, 0.15) is 33.4 Å². The van der Waals surface area contributed by atoms with Crippen molar-refractivity contribution in [3.63, 3.8) is 0 Å². The van der Waals surface area contributed by atoms with Crippen molar-refractivity contribution < 1.29 is 0 Å². The minimum absolute atomic E-state index is 0.907. The molecule has 9 heteroatoms. The van der Waals surface area contributed by atoms with Crippen molar-refractivity contribution >= 4 is 0 Å². The van der Waals surface area contributed by atoms with Crippen LogP contribution in [0, 0.1) is 41.5 Å². The van der Waals surface area contributed by atoms with Crippen molar-refractivity contribution in [3.05, 3.63) is 489 Å². The van der Waals surface area contributed by atoms with E-state index in [0.717, 1.165) is 124 Å². The van der Waals surface area contributed by atoms with Gasteiger partial charge in [-0.3, -0.25) is 19.9 Å². The molecule has 0 fully saturated rings. The number of aryl methyl sites for hydroxylation is 6. The first-order chi connectivity index (χ1) is 61.9. The number of hydrogen-bond acceptors (Lipinski definition) is 9. The first kappa shape index (κ1) is 83.4. The van der Waals surface area contributed by atoms with E-state index in [-0.39, 0.29) is 0 Å². The van der Waals surface area contributed by atoms with Crippen LogP contribution in [-0.2, 0) is 0 Å². The Morgan fingerprint density at radius 2 is 0.325 bits per heavy atom. The summed E-state index contributed by atoms with van der Waals surface area (Å²) in [6.45, 7) is 12.7. The highest BCUT2D eigenvalue weighted by molar-refractivity contribution is 5.83. The van der Waals surface area contributed by atoms with Crippen LogP contribution in [-0.4, -0.2) is 44.9 Å². The zero-order valence-electron chi connectivity index (χ0n) is 71.3. The van der Waals surface area contributed by atoms with Gasteiger partial charge in [-0.2, -0.15) is 0 Å². The Morgan fingerprint density at radius 1 is 0.119 bits per heavy atom. The number of aromatic nitrogens is 9. The largest absolute Gasteiger partial charge is 0.264 e. The van der Waals surface area contributed by atoms with E-state index in [2.05, 4.69) is 383 Å². The predicted molar refractivity (Wildman–Crippen MR) is 522 cm³/mol. The molecular formula is C117H93N9. The number of nitrogens with zero attached hydrogens (tertiary/aromatic N) is 9. The van der Waals surface area contributed by atoms with Crippen LogP contribution in [0.25, 0.3) is 168 Å². The fourth-order valence-corrected chi connectivity index (χ4v) is 15.0. The van der Waals surface area contributed by atoms with Crippen molar-refractivity contribution in [3.8, 4) is 168 Å². The van der Waals surface area contributed by atoms with Gasteiger partial charge in [0.15, 0.2) is 0 Å². The average Bonchev–Trinajstić information content (AvgIpc) is 0.819. The van der Waals surface area contributed by atoms with E-state index in [9.17, 15) is 0 Å². The molecule has 20 aromatic rings. The molecule has 9 nitrogen and oxygen atoms in total. The van der Waals surface area contributed by atoms with Crippen molar-refractivity contribution in [2.75, 3.05) is 0 Å². The fourth-order valence-electron chi connectivity index (χ4n) is 15.0. The topological polar surface area (TPSA) is 116 Å². The van der Waals surface area contributed by atoms with E-state index in [4.69, 9.17) is 24.9 Å². The zero-order valence-corrected chi connectivity index (χ0v) is 71.3. The summed E-state index contributed by atoms with van der Waals surface area (Å²) in [5.74, 6) is 0. The maximum atomic E-state index is 4.98. The van der Waals surface area contributed by atoms with E-state index < -0.39 is 0 Å². The molecule has 0 spiro atoms. The summed E-state index contributed by atoms with van der Waals surface area (Å²) in [5, 5.41) is 0. The Balaban J connectivity index is 0.000000116. The number of hydrogen-bond donors (Lipinski definition) is 0. The number of rotatable bonds is 15. The maximum Gasteiger partial charge on any atom is 0.0731 e. The zero-order chi connectivity index (χ0) is 86.2. The van der Waals surface area contributed by atoms with Crippen molar-refractivity contribution in [2.24, 2.45) is 0 Å². The second-order valence-corrected chi connectivity index (χ2v) is 31.1. The van der Waals surface area contributed by atoms with Gasteiger partial charge in [0.05, 0.1) is 56.9 Å². The van der Waals surface area contributed by atoms with Gasteiger partial charge in [-0.25, -0.2) is 24.9 Å². The Kier molecular flexibility index (Phi) is 27.1. The van der Waals surface area contributed by atoms with Gasteiger partial charge in [-0.1, -0.05) is 312 Å². The molecule has 0 atom stereocenters. The molecule has 606 valence electrons. The summed E-state index contributed by atoms with van der Waals surface area (Å²) in [7, 11) is 0. The normalized spacial score (nSPS) is 10.6. The van der Waals surface area contributed by atoms with Crippen LogP contribution in [0.2, 0.25) is 0 Å². The van der Waals surface area contributed by atoms with Crippen LogP contribution in [0.5, 0.6) is 0 Å². The molecule has 0 aliphatic rings. The van der Waals surface area contributed by atoms with Gasteiger partial charge in [0.1, 0.15) is 0 Å². The molecule has 0 aliphatic carbocycles. The van der Waals surface area contributed by atoms with Crippen molar-refractivity contribution in [1.82, 2.24) is 44.9 Å². The lowest BCUT2D eigenvalue weighted by Gasteiger charge is -2.11. The molecule has 20 rings (SSSR count). The second kappa shape index (κ2) is 40.9. The summed E-state index contributed by atoms with van der Waals surface area (Å²) < 4.78 is 0. The molecule has 0 saturated heterocycles. The predicted octanol–water partition coefficient (Wildman–Crippen LogP) is 29.8. The third-order valence-electron chi connectivity index (χ3n) is 21.4. The quantitative estimate of drug-likeness (QED) is 0.0989. The Morgan fingerprint density at radius 3 is 0.595 bits per heavy atom. The maximum absolute atomic E-state index is 4.98. The summed E-state index contributed by atoms with van der Waals surface area (Å²) in [5.41, 5.74) is 39.8. The van der Waals surface area contributed by atoms with Gasteiger partial charge >= 0.3 is 0 Å². The van der Waals surface area contributed by atoms with Gasteiger partial charge in [0.2, 0.25) is 0 Å². The summed E-state index contributed by atoms with van der Waals surface area (Å²) in [6.07, 6.45) is 14.5. The monoisotopic (exact) mass is 1620 g/mol. The Bertz CT molecular complexity index is 6240. The van der Waals surface area contributed by atoms with Gasteiger partial charge in [-0.15, -0.1) is 0 Å². The summed E-state index contributed by atoms with van der Waals surface area (Å²) in [6, 6.07) is 141. The van der Waals surface area contributed by atoms with Crippen LogP contribution in [0.4, 0.5) is 0 Å². The molecule has 0 amide bonds. The molecule has 0 bridgehead atoms. The summed E-state index contributed by atoms with van der Waals surface area (Å²) >= 11 is 0. The van der Waals surface area contributed by atoms with E-state index in [0.29, 0.717) is 0 Å². The molecular weight excluding hydrogens is 1530 g/mol. The lowest BCUT2D eigenvalue weighted by molar-refractivity contribution is 1.26. The SMILES string of the molecule is Cc1cc(C)cc(-c2cc(-c3ccccc3)cc(-c3ccccc3)n2)c1.Cc1ccc(-c2cc(-c3cccnc3)nc(-c3cccnc3)c2)cc1.Cc1cccc(-c2cc(-c3ccccc3)cc(-c3ccccc3)n2)c1.Cc1cccc(-c2cc(-c3ccccc3)nc(-c3ccccc3)c2)c1.Cc1cccc(-c2cc(-c3cccnc3)nc(-c3cccnc3)c2)c1. The molecule has 9 aromatic heterocycles. The molecule has 0 unspecified atom stereocenters. The van der Waals surface area contributed by atoms with Crippen molar-refractivity contribution in [1.29, 1.82) is 0 Å². The lowest BCUT2D eigenvalue weighted by Crippen LogP contribution is -1.92. The highest BCUT2D eigenvalue weighted by atomic mass is 14.8. The highest BCUT2D eigenvalue weighted by Crippen LogP contribution is 2.38. The molecule has 0 saturated carbocycles. The van der Waals surface area contributed by atoms with Gasteiger partial charge in [0.25, 0.3) is 0 Å². The van der Waals surface area contributed by atoms with Gasteiger partial charge in [0, 0.05) is 105 Å². The van der Waals surface area contributed by atoms with Crippen LogP contribution in [0.15, 0.2) is 456 Å². The molecule has 11 aromatic carbocycles. The van der Waals surface area contributed by atoms with Crippen LogP contribution >= 0.6 is 0 Å². The van der Waals surface area contributed by atoms with Gasteiger partial charge < -0.3 is 0 Å². The minimum Gasteiger partial charge on any atom is -0.264 e. The third-order valence-corrected chi connectivity index (χ3v) is 21.4. The Labute approximate surface area is 739 Å². The molecule has 126 heavy (non-hydrogen) atoms. The molecule has 9 heterocycles. The minimum atomic E-state index is 0.907. The average molecular weight is 1630 g/mol. The van der Waals surface area contributed by atoms with E-state index in [1.54, 1.807) is 24.8 Å². The fraction of sp³-hybridized carbons (Fsp3) is 0.0513. The molecule has 0 radical (unpaired) electrons. The van der Waals surface area contributed by atoms with Crippen LogP contribution < -0.4 is 0 Å². The first-order valence-electron chi connectivity index (χ1n) is 42.3. The third kappa shape index (κ3) is 22.1. The van der Waals surface area contributed by atoms with Crippen molar-refractivity contribution in [2.45, 2.75) is 41.5 Å². The second-order valence-electron chi connectivity index (χ2n) is 31.1.